The Morgan fingerprint density at radius 3 is 2.60 bits per heavy atom. The van der Waals surface area contributed by atoms with Crippen LogP contribution in [0.5, 0.6) is 0 Å². The van der Waals surface area contributed by atoms with Crippen LogP contribution in [0.1, 0.15) is 97.2 Å². The van der Waals surface area contributed by atoms with Crippen LogP contribution in [0.2, 0.25) is 0 Å². The first-order valence-electron chi connectivity index (χ1n) is 15.0. The van der Waals surface area contributed by atoms with Gasteiger partial charge < -0.3 is 4.57 Å². The lowest BCUT2D eigenvalue weighted by Gasteiger charge is -2.58. The summed E-state index contributed by atoms with van der Waals surface area (Å²) in [6.07, 6.45) is 16.7. The molecule has 0 radical (unpaired) electrons. The number of aromatic nitrogens is 1. The van der Waals surface area contributed by atoms with Crippen LogP contribution in [0, 0.1) is 46.3 Å². The number of benzene rings is 1. The van der Waals surface area contributed by atoms with Crippen LogP contribution >= 0.6 is 0 Å². The molecular weight excluding hydrogens is 422 g/mol. The Balaban J connectivity index is 1.27. The molecule has 1 heterocycles. The molecule has 4 aliphatic carbocycles. The van der Waals surface area contributed by atoms with Crippen molar-refractivity contribution in [3.8, 4) is 0 Å². The van der Waals surface area contributed by atoms with Crippen LogP contribution in [0.3, 0.4) is 0 Å². The molecule has 0 aliphatic heterocycles. The maximum Gasteiger partial charge on any atom is 0.0482 e. The van der Waals surface area contributed by atoms with Crippen molar-refractivity contribution in [1.29, 1.82) is 0 Å². The average molecular weight is 472 g/mol. The highest BCUT2D eigenvalue weighted by molar-refractivity contribution is 5.86. The van der Waals surface area contributed by atoms with Gasteiger partial charge in [0.25, 0.3) is 0 Å². The predicted molar refractivity (Wildman–Crippen MR) is 150 cm³/mol. The fourth-order valence-corrected chi connectivity index (χ4v) is 10.2. The number of nitrogens with zero attached hydrogens (tertiary/aromatic N) is 1. The molecule has 0 spiro atoms. The van der Waals surface area contributed by atoms with Crippen molar-refractivity contribution in [1.82, 2.24) is 4.57 Å². The third-order valence-corrected chi connectivity index (χ3v) is 12.1. The predicted octanol–water partition coefficient (Wildman–Crippen LogP) is 9.13. The van der Waals surface area contributed by atoms with E-state index in [4.69, 9.17) is 0 Å². The first-order chi connectivity index (χ1) is 16.7. The molecular formula is C34H49N. The molecule has 1 nitrogen and oxygen atoms in total. The molecule has 190 valence electrons. The highest BCUT2D eigenvalue weighted by Crippen LogP contribution is 2.67. The molecule has 2 fully saturated rings. The Labute approximate surface area is 214 Å². The number of para-hydroxylation sites is 1. The quantitative estimate of drug-likeness (QED) is 0.383. The number of rotatable bonds is 5. The van der Waals surface area contributed by atoms with Crippen molar-refractivity contribution in [2.75, 3.05) is 0 Å². The van der Waals surface area contributed by atoms with Crippen molar-refractivity contribution in [2.24, 2.45) is 53.4 Å². The van der Waals surface area contributed by atoms with Gasteiger partial charge in [0.1, 0.15) is 0 Å². The minimum atomic E-state index is 0.363. The lowest BCUT2D eigenvalue weighted by molar-refractivity contribution is -0.0452. The van der Waals surface area contributed by atoms with E-state index in [1.54, 1.807) is 16.8 Å². The molecule has 1 aromatic heterocycles. The van der Waals surface area contributed by atoms with E-state index in [1.165, 1.54) is 75.1 Å². The largest absolute Gasteiger partial charge is 0.347 e. The summed E-state index contributed by atoms with van der Waals surface area (Å²) in [6.45, 7) is 12.8. The van der Waals surface area contributed by atoms with Gasteiger partial charge in [-0.3, -0.25) is 0 Å². The molecule has 4 aliphatic rings. The van der Waals surface area contributed by atoms with Gasteiger partial charge in [0.05, 0.1) is 0 Å². The van der Waals surface area contributed by atoms with Crippen LogP contribution in [0.4, 0.5) is 0 Å². The summed E-state index contributed by atoms with van der Waals surface area (Å²) in [5.74, 6) is 5.44. The Kier molecular flexibility index (Phi) is 5.82. The second kappa shape index (κ2) is 8.53. The van der Waals surface area contributed by atoms with Crippen LogP contribution < -0.4 is 0 Å². The van der Waals surface area contributed by atoms with E-state index in [0.29, 0.717) is 10.8 Å². The van der Waals surface area contributed by atoms with E-state index < -0.39 is 0 Å². The normalized spacial score (nSPS) is 36.9. The molecule has 7 atom stereocenters. The van der Waals surface area contributed by atoms with Gasteiger partial charge in [-0.2, -0.15) is 0 Å². The van der Waals surface area contributed by atoms with E-state index in [1.807, 2.05) is 0 Å². The number of fused-ring (bicyclic) bond motifs is 8. The van der Waals surface area contributed by atoms with Crippen molar-refractivity contribution in [3.63, 3.8) is 0 Å². The monoisotopic (exact) mass is 471 g/mol. The molecule has 1 aromatic carbocycles. The lowest BCUT2D eigenvalue weighted by Crippen LogP contribution is -2.51. The van der Waals surface area contributed by atoms with Gasteiger partial charge in [0.2, 0.25) is 0 Å². The van der Waals surface area contributed by atoms with Gasteiger partial charge in [0, 0.05) is 30.1 Å². The second-order valence-corrected chi connectivity index (χ2v) is 14.1. The number of hydrogen-bond acceptors (Lipinski definition) is 0. The summed E-state index contributed by atoms with van der Waals surface area (Å²) in [4.78, 5) is 0. The number of allylic oxidation sites excluding steroid dienone is 2. The summed E-state index contributed by atoms with van der Waals surface area (Å²) in [6, 6.07) is 9.16. The summed E-state index contributed by atoms with van der Waals surface area (Å²) in [5.41, 5.74) is 7.40. The average Bonchev–Trinajstić information content (AvgIpc) is 3.32. The molecule has 2 aromatic rings. The van der Waals surface area contributed by atoms with Gasteiger partial charge >= 0.3 is 0 Å². The molecule has 0 saturated heterocycles. The third kappa shape index (κ3) is 3.53. The molecule has 0 unspecified atom stereocenters. The number of hydrogen-bond donors (Lipinski definition) is 0. The van der Waals surface area contributed by atoms with Crippen molar-refractivity contribution >= 4 is 10.9 Å². The zero-order chi connectivity index (χ0) is 24.5. The summed E-state index contributed by atoms with van der Waals surface area (Å²) >= 11 is 0. The summed E-state index contributed by atoms with van der Waals surface area (Å²) in [7, 11) is 2.29. The molecule has 0 amide bonds. The van der Waals surface area contributed by atoms with Crippen LogP contribution in [0.25, 0.3) is 10.9 Å². The fourth-order valence-electron chi connectivity index (χ4n) is 10.2. The van der Waals surface area contributed by atoms with E-state index >= 15 is 0 Å². The van der Waals surface area contributed by atoms with Gasteiger partial charge in [-0.05, 0) is 96.5 Å². The second-order valence-electron chi connectivity index (χ2n) is 14.1. The molecule has 0 bridgehead atoms. The Hall–Kier alpha value is -1.50. The standard InChI is InChI=1S/C34H49N/c1-22(2)10-9-11-23(3)28-16-17-29-26-15-14-24-20-32-27(25-12-7-8-13-31(25)35(32)6)21-34(24,5)30(26)18-19-33(28,29)4/h7-8,12-14,22-23,26,28-30H,9-11,15-21H2,1-6H3/t23-,26+,28-,29+,30+,33-,34+/m1/s1. The SMILES string of the molecule is CC(C)CCC[C@@H](C)[C@H]1CC[C@H]2[C@@H]3CC=C4Cc5c(c6ccccc6n5C)C[C@]4(C)[C@H]3CC[C@]12C. The highest BCUT2D eigenvalue weighted by atomic mass is 15.0. The van der Waals surface area contributed by atoms with Gasteiger partial charge in [-0.15, -0.1) is 0 Å². The maximum absolute atomic E-state index is 2.74. The van der Waals surface area contributed by atoms with Gasteiger partial charge in [-0.1, -0.05) is 83.7 Å². The first kappa shape index (κ1) is 23.9. The topological polar surface area (TPSA) is 4.93 Å². The maximum atomic E-state index is 2.74. The van der Waals surface area contributed by atoms with Gasteiger partial charge in [0.15, 0.2) is 0 Å². The molecule has 2 saturated carbocycles. The number of aryl methyl sites for hydroxylation is 1. The Bertz CT molecular complexity index is 1130. The zero-order valence-corrected chi connectivity index (χ0v) is 23.4. The van der Waals surface area contributed by atoms with Crippen LogP contribution in [-0.4, -0.2) is 4.57 Å². The van der Waals surface area contributed by atoms with Crippen molar-refractivity contribution in [3.05, 3.63) is 47.2 Å². The summed E-state index contributed by atoms with van der Waals surface area (Å²) in [5, 5.41) is 1.52. The van der Waals surface area contributed by atoms with Crippen molar-refractivity contribution < 1.29 is 0 Å². The minimum absolute atomic E-state index is 0.363. The minimum Gasteiger partial charge on any atom is -0.347 e. The van der Waals surface area contributed by atoms with E-state index in [2.05, 4.69) is 76.6 Å². The Morgan fingerprint density at radius 2 is 1.80 bits per heavy atom. The molecule has 1 heteroatoms. The molecule has 6 rings (SSSR count). The van der Waals surface area contributed by atoms with E-state index in [9.17, 15) is 0 Å². The smallest absolute Gasteiger partial charge is 0.0482 e. The first-order valence-corrected chi connectivity index (χ1v) is 15.0. The van der Waals surface area contributed by atoms with E-state index in [-0.39, 0.29) is 0 Å². The highest BCUT2D eigenvalue weighted by Gasteiger charge is 2.59. The lowest BCUT2D eigenvalue weighted by atomic mass is 9.47. The van der Waals surface area contributed by atoms with Crippen LogP contribution in [0.15, 0.2) is 35.9 Å². The Morgan fingerprint density at radius 1 is 1.00 bits per heavy atom. The van der Waals surface area contributed by atoms with Crippen molar-refractivity contribution in [2.45, 2.75) is 98.8 Å². The zero-order valence-electron chi connectivity index (χ0n) is 23.4. The van der Waals surface area contributed by atoms with Crippen LogP contribution in [-0.2, 0) is 19.9 Å². The van der Waals surface area contributed by atoms with Gasteiger partial charge in [-0.25, -0.2) is 0 Å². The van der Waals surface area contributed by atoms with E-state index in [0.717, 1.165) is 35.5 Å². The molecule has 35 heavy (non-hydrogen) atoms. The summed E-state index contributed by atoms with van der Waals surface area (Å²) < 4.78 is 2.50. The third-order valence-electron chi connectivity index (χ3n) is 12.1. The molecule has 0 N–H and O–H groups in total. The fraction of sp³-hybridized carbons (Fsp3) is 0.706.